The van der Waals surface area contributed by atoms with Crippen LogP contribution in [-0.2, 0) is 14.8 Å². The molecular weight excluding hydrogens is 440 g/mol. The first kappa shape index (κ1) is 22.3. The highest BCUT2D eigenvalue weighted by atomic mass is 32.2. The molecule has 1 heterocycles. The van der Waals surface area contributed by atoms with E-state index in [2.05, 4.69) is 9.82 Å². The zero-order valence-corrected chi connectivity index (χ0v) is 19.0. The number of hydrogen-bond acceptors (Lipinski definition) is 6. The largest absolute Gasteiger partial charge is 0.497 e. The Morgan fingerprint density at radius 2 is 1.79 bits per heavy atom. The third kappa shape index (κ3) is 4.83. The van der Waals surface area contributed by atoms with Crippen molar-refractivity contribution in [3.8, 4) is 5.75 Å². The number of nitrogens with one attached hydrogen (secondary N) is 1. The van der Waals surface area contributed by atoms with Crippen LogP contribution in [0.15, 0.2) is 82.8 Å². The molecule has 1 unspecified atom stereocenters. The number of ether oxygens (including phenoxy) is 1. The van der Waals surface area contributed by atoms with Crippen LogP contribution in [0, 0.1) is 0 Å². The highest BCUT2D eigenvalue weighted by Crippen LogP contribution is 2.33. The minimum atomic E-state index is -3.76. The van der Waals surface area contributed by atoms with Gasteiger partial charge in [-0.2, -0.15) is 5.10 Å². The molecule has 0 radical (unpaired) electrons. The number of amides is 1. The number of carbonyl (C=O) groups excluding carboxylic acids is 1. The highest BCUT2D eigenvalue weighted by molar-refractivity contribution is 7.92. The number of rotatable bonds is 6. The first-order chi connectivity index (χ1) is 15.8. The van der Waals surface area contributed by atoms with Crippen LogP contribution >= 0.6 is 0 Å². The lowest BCUT2D eigenvalue weighted by atomic mass is 9.98. The van der Waals surface area contributed by atoms with Gasteiger partial charge < -0.3 is 10.5 Å². The van der Waals surface area contributed by atoms with E-state index < -0.39 is 10.0 Å². The van der Waals surface area contributed by atoms with E-state index in [-0.39, 0.29) is 16.8 Å². The summed E-state index contributed by atoms with van der Waals surface area (Å²) in [5.74, 6) is 0.584. The molecule has 9 heteroatoms. The molecule has 8 nitrogen and oxygen atoms in total. The second-order valence-corrected chi connectivity index (χ2v) is 9.34. The second kappa shape index (κ2) is 8.95. The van der Waals surface area contributed by atoms with Gasteiger partial charge in [0.05, 0.1) is 23.8 Å². The average molecular weight is 465 g/mol. The Kier molecular flexibility index (Phi) is 6.06. The van der Waals surface area contributed by atoms with Crippen LogP contribution in [0.1, 0.15) is 30.5 Å². The smallest absolute Gasteiger partial charge is 0.261 e. The molecule has 0 bridgehead atoms. The van der Waals surface area contributed by atoms with Crippen molar-refractivity contribution < 1.29 is 17.9 Å². The molecule has 0 spiro atoms. The lowest BCUT2D eigenvalue weighted by Crippen LogP contribution is -2.24. The quantitative estimate of drug-likeness (QED) is 0.539. The summed E-state index contributed by atoms with van der Waals surface area (Å²) in [6.07, 6.45) is 0.542. The van der Waals surface area contributed by atoms with E-state index in [1.165, 1.54) is 24.1 Å². The van der Waals surface area contributed by atoms with Crippen LogP contribution in [0.3, 0.4) is 0 Å². The molecular formula is C24H24N4O4S. The monoisotopic (exact) mass is 464 g/mol. The van der Waals surface area contributed by atoms with Gasteiger partial charge in [-0.3, -0.25) is 9.52 Å². The van der Waals surface area contributed by atoms with Gasteiger partial charge in [-0.1, -0.05) is 30.3 Å². The van der Waals surface area contributed by atoms with Crippen molar-refractivity contribution in [3.63, 3.8) is 0 Å². The molecule has 4 rings (SSSR count). The van der Waals surface area contributed by atoms with E-state index in [1.54, 1.807) is 43.5 Å². The maximum atomic E-state index is 12.6. The zero-order chi connectivity index (χ0) is 23.6. The summed E-state index contributed by atoms with van der Waals surface area (Å²) < 4.78 is 33.0. The van der Waals surface area contributed by atoms with Gasteiger partial charge in [0.15, 0.2) is 0 Å². The van der Waals surface area contributed by atoms with Crippen LogP contribution in [-0.4, -0.2) is 32.2 Å². The Hall–Kier alpha value is -3.85. The van der Waals surface area contributed by atoms with Crippen molar-refractivity contribution in [3.05, 3.63) is 83.9 Å². The van der Waals surface area contributed by atoms with Gasteiger partial charge in [0.25, 0.3) is 10.0 Å². The number of methoxy groups -OCH3 is 1. The molecule has 1 aliphatic rings. The molecule has 0 saturated heterocycles. The van der Waals surface area contributed by atoms with E-state index >= 15 is 0 Å². The fourth-order valence-electron chi connectivity index (χ4n) is 3.69. The van der Waals surface area contributed by atoms with Gasteiger partial charge in [0.1, 0.15) is 5.75 Å². The highest BCUT2D eigenvalue weighted by Gasteiger charge is 2.31. The average Bonchev–Trinajstić information content (AvgIpc) is 3.25. The Morgan fingerprint density at radius 1 is 1.09 bits per heavy atom. The molecule has 33 heavy (non-hydrogen) atoms. The lowest BCUT2D eigenvalue weighted by molar-refractivity contribution is -0.130. The zero-order valence-electron chi connectivity index (χ0n) is 18.2. The standard InChI is InChI=1S/C24H24N4O4S/c1-16(29)28-24(18-8-12-21(32-2)13-9-18)15-23(26-28)17-6-10-20(11-7-17)27-33(30,31)22-5-3-4-19(25)14-22/h3-14,24,27H,15,25H2,1-2H3. The number of nitrogens with zero attached hydrogens (tertiary/aromatic N) is 2. The van der Waals surface area contributed by atoms with E-state index in [9.17, 15) is 13.2 Å². The first-order valence-corrected chi connectivity index (χ1v) is 11.7. The predicted molar refractivity (Wildman–Crippen MR) is 128 cm³/mol. The Morgan fingerprint density at radius 3 is 2.39 bits per heavy atom. The summed E-state index contributed by atoms with van der Waals surface area (Å²) in [5, 5.41) is 6.02. The molecule has 3 aromatic carbocycles. The van der Waals surface area contributed by atoms with Gasteiger partial charge in [0, 0.05) is 24.7 Å². The number of benzene rings is 3. The van der Waals surface area contributed by atoms with Crippen molar-refractivity contribution in [2.75, 3.05) is 17.6 Å². The summed E-state index contributed by atoms with van der Waals surface area (Å²) in [4.78, 5) is 12.3. The molecule has 170 valence electrons. The summed E-state index contributed by atoms with van der Waals surface area (Å²) in [5.41, 5.74) is 8.99. The molecule has 0 aliphatic carbocycles. The summed E-state index contributed by atoms with van der Waals surface area (Å²) >= 11 is 0. The molecule has 0 aromatic heterocycles. The third-order valence-corrected chi connectivity index (χ3v) is 6.75. The Bertz CT molecular complexity index is 1300. The van der Waals surface area contributed by atoms with Crippen LogP contribution < -0.4 is 15.2 Å². The topological polar surface area (TPSA) is 114 Å². The van der Waals surface area contributed by atoms with E-state index in [0.717, 1.165) is 22.6 Å². The van der Waals surface area contributed by atoms with Crippen molar-refractivity contribution in [2.24, 2.45) is 5.10 Å². The minimum Gasteiger partial charge on any atom is -0.497 e. The number of hydrazone groups is 1. The van der Waals surface area contributed by atoms with Gasteiger partial charge in [-0.25, -0.2) is 13.4 Å². The molecule has 1 atom stereocenters. The van der Waals surface area contributed by atoms with Crippen LogP contribution in [0.5, 0.6) is 5.75 Å². The van der Waals surface area contributed by atoms with Gasteiger partial charge in [-0.05, 0) is 53.6 Å². The maximum absolute atomic E-state index is 12.6. The molecule has 0 fully saturated rings. The lowest BCUT2D eigenvalue weighted by Gasteiger charge is -2.20. The van der Waals surface area contributed by atoms with E-state index in [1.807, 2.05) is 24.3 Å². The number of nitrogens with two attached hydrogens (primary N) is 1. The van der Waals surface area contributed by atoms with Crippen molar-refractivity contribution in [1.29, 1.82) is 0 Å². The number of hydrogen-bond donors (Lipinski definition) is 2. The second-order valence-electron chi connectivity index (χ2n) is 7.66. The molecule has 3 N–H and O–H groups in total. The van der Waals surface area contributed by atoms with Crippen LogP contribution in [0.4, 0.5) is 11.4 Å². The number of nitrogen functional groups attached to an aromatic ring is 1. The number of carbonyl (C=O) groups is 1. The molecule has 1 amide bonds. The first-order valence-electron chi connectivity index (χ1n) is 10.3. The van der Waals surface area contributed by atoms with Crippen molar-refractivity contribution >= 4 is 33.0 Å². The summed E-state index contributed by atoms with van der Waals surface area (Å²) in [6.45, 7) is 1.48. The maximum Gasteiger partial charge on any atom is 0.261 e. The number of sulfonamides is 1. The Labute approximate surface area is 192 Å². The predicted octanol–water partition coefficient (Wildman–Crippen LogP) is 3.78. The van der Waals surface area contributed by atoms with Gasteiger partial charge >= 0.3 is 0 Å². The molecule has 3 aromatic rings. The third-order valence-electron chi connectivity index (χ3n) is 5.37. The normalized spacial score (nSPS) is 15.8. The number of anilines is 2. The van der Waals surface area contributed by atoms with Crippen molar-refractivity contribution in [2.45, 2.75) is 24.3 Å². The fourth-order valence-corrected chi connectivity index (χ4v) is 4.80. The minimum absolute atomic E-state index is 0.0891. The molecule has 1 aliphatic heterocycles. The fraction of sp³-hybridized carbons (Fsp3) is 0.167. The van der Waals surface area contributed by atoms with E-state index in [4.69, 9.17) is 10.5 Å². The van der Waals surface area contributed by atoms with Gasteiger partial charge in [-0.15, -0.1) is 0 Å². The van der Waals surface area contributed by atoms with Crippen molar-refractivity contribution in [1.82, 2.24) is 5.01 Å². The summed E-state index contributed by atoms with van der Waals surface area (Å²) in [7, 11) is -2.16. The van der Waals surface area contributed by atoms with Crippen LogP contribution in [0.25, 0.3) is 0 Å². The molecule has 0 saturated carbocycles. The SMILES string of the molecule is COc1ccc(C2CC(c3ccc(NS(=O)(=O)c4cccc(N)c4)cc3)=NN2C(C)=O)cc1. The van der Waals surface area contributed by atoms with E-state index in [0.29, 0.717) is 17.8 Å². The summed E-state index contributed by atoms with van der Waals surface area (Å²) in [6, 6.07) is 20.3. The van der Waals surface area contributed by atoms with Gasteiger partial charge in [0.2, 0.25) is 5.91 Å². The van der Waals surface area contributed by atoms with Crippen LogP contribution in [0.2, 0.25) is 0 Å². The Balaban J connectivity index is 1.53.